The van der Waals surface area contributed by atoms with Gasteiger partial charge in [0.15, 0.2) is 0 Å². The molecule has 0 aromatic heterocycles. The lowest BCUT2D eigenvalue weighted by atomic mass is 10.2. The van der Waals surface area contributed by atoms with E-state index in [0.29, 0.717) is 15.8 Å². The summed E-state index contributed by atoms with van der Waals surface area (Å²) in [5.74, 6) is 0.390. The fourth-order valence-electron chi connectivity index (χ4n) is 1.50. The third-order valence-electron chi connectivity index (χ3n) is 2.46. The number of anilines is 3. The van der Waals surface area contributed by atoms with Gasteiger partial charge >= 0.3 is 0 Å². The highest BCUT2D eigenvalue weighted by Crippen LogP contribution is 2.29. The molecule has 2 aromatic rings. The predicted molar refractivity (Wildman–Crippen MR) is 74.8 cm³/mol. The number of benzene rings is 2. The Morgan fingerprint density at radius 3 is 2.50 bits per heavy atom. The Morgan fingerprint density at radius 1 is 1.22 bits per heavy atom. The number of nitrogens with one attached hydrogen (secondary N) is 1. The van der Waals surface area contributed by atoms with Crippen molar-refractivity contribution in [3.8, 4) is 5.75 Å². The lowest BCUT2D eigenvalue weighted by Gasteiger charge is -2.11. The number of nitrogen functional groups attached to an aromatic ring is 1. The molecule has 0 bridgehead atoms. The summed E-state index contributed by atoms with van der Waals surface area (Å²) in [5, 5.41) is 3.11. The van der Waals surface area contributed by atoms with Crippen LogP contribution in [0.1, 0.15) is 0 Å². The number of methoxy groups -OCH3 is 1. The highest BCUT2D eigenvalue weighted by Gasteiger charge is 2.06. The molecule has 0 saturated carbocycles. The van der Waals surface area contributed by atoms with Crippen molar-refractivity contribution in [3.05, 3.63) is 46.7 Å². The zero-order valence-electron chi connectivity index (χ0n) is 9.71. The molecule has 3 nitrogen and oxygen atoms in total. The molecule has 0 heterocycles. The minimum absolute atomic E-state index is 0.353. The zero-order valence-corrected chi connectivity index (χ0v) is 11.3. The molecule has 94 valence electrons. The Labute approximate surface area is 113 Å². The summed E-state index contributed by atoms with van der Waals surface area (Å²) in [6.07, 6.45) is 0. The van der Waals surface area contributed by atoms with E-state index < -0.39 is 0 Å². The molecule has 0 amide bonds. The zero-order chi connectivity index (χ0) is 13.1. The molecule has 5 heteroatoms. The first-order chi connectivity index (χ1) is 8.60. The summed E-state index contributed by atoms with van der Waals surface area (Å²) < 4.78 is 18.7. The highest BCUT2D eigenvalue weighted by atomic mass is 79.9. The molecular formula is C13H12BrFN2O. The number of halogens is 2. The molecule has 0 aliphatic rings. The van der Waals surface area contributed by atoms with Gasteiger partial charge < -0.3 is 15.8 Å². The first-order valence-electron chi connectivity index (χ1n) is 5.26. The second-order valence-electron chi connectivity index (χ2n) is 3.71. The molecule has 0 radical (unpaired) electrons. The van der Waals surface area contributed by atoms with Crippen LogP contribution in [0, 0.1) is 5.82 Å². The van der Waals surface area contributed by atoms with E-state index in [1.807, 2.05) is 24.3 Å². The van der Waals surface area contributed by atoms with Gasteiger partial charge in [-0.05, 0) is 46.3 Å². The van der Waals surface area contributed by atoms with Crippen molar-refractivity contribution in [2.45, 2.75) is 0 Å². The Balaban J connectivity index is 2.25. The maximum atomic E-state index is 13.2. The highest BCUT2D eigenvalue weighted by molar-refractivity contribution is 9.10. The van der Waals surface area contributed by atoms with Crippen molar-refractivity contribution in [1.29, 1.82) is 0 Å². The SMILES string of the molecule is COc1ccc(Nc2cc(Br)c(F)cc2N)cc1. The topological polar surface area (TPSA) is 47.3 Å². The first-order valence-corrected chi connectivity index (χ1v) is 6.05. The second-order valence-corrected chi connectivity index (χ2v) is 4.56. The van der Waals surface area contributed by atoms with E-state index in [9.17, 15) is 4.39 Å². The van der Waals surface area contributed by atoms with Gasteiger partial charge in [0.05, 0.1) is 23.0 Å². The minimum atomic E-state index is -0.382. The number of ether oxygens (including phenoxy) is 1. The fraction of sp³-hybridized carbons (Fsp3) is 0.0769. The lowest BCUT2D eigenvalue weighted by Crippen LogP contribution is -1.97. The van der Waals surface area contributed by atoms with Crippen LogP contribution in [0.2, 0.25) is 0 Å². The van der Waals surface area contributed by atoms with E-state index in [0.717, 1.165) is 11.4 Å². The summed E-state index contributed by atoms with van der Waals surface area (Å²) in [4.78, 5) is 0. The quantitative estimate of drug-likeness (QED) is 0.845. The van der Waals surface area contributed by atoms with Crippen LogP contribution in [0.15, 0.2) is 40.9 Å². The summed E-state index contributed by atoms with van der Waals surface area (Å²) in [7, 11) is 1.61. The van der Waals surface area contributed by atoms with Crippen LogP contribution in [0.4, 0.5) is 21.5 Å². The Kier molecular flexibility index (Phi) is 3.72. The Bertz CT molecular complexity index is 558. The average Bonchev–Trinajstić information content (AvgIpc) is 2.37. The van der Waals surface area contributed by atoms with E-state index in [1.54, 1.807) is 13.2 Å². The first kappa shape index (κ1) is 12.7. The molecule has 2 rings (SSSR count). The van der Waals surface area contributed by atoms with Crippen LogP contribution in [-0.2, 0) is 0 Å². The van der Waals surface area contributed by atoms with Crippen LogP contribution in [0.25, 0.3) is 0 Å². The summed E-state index contributed by atoms with van der Waals surface area (Å²) in [6, 6.07) is 10.3. The second kappa shape index (κ2) is 5.27. The normalized spacial score (nSPS) is 10.2. The maximum Gasteiger partial charge on any atom is 0.139 e. The van der Waals surface area contributed by atoms with E-state index >= 15 is 0 Å². The van der Waals surface area contributed by atoms with Gasteiger partial charge in [-0.1, -0.05) is 0 Å². The van der Waals surface area contributed by atoms with Crippen molar-refractivity contribution < 1.29 is 9.13 Å². The molecule has 0 atom stereocenters. The standard InChI is InChI=1S/C13H12BrFN2O/c1-18-9-4-2-8(3-5-9)17-13-6-10(14)11(15)7-12(13)16/h2-7,17H,16H2,1H3. The minimum Gasteiger partial charge on any atom is -0.497 e. The van der Waals surface area contributed by atoms with Crippen molar-refractivity contribution in [3.63, 3.8) is 0 Å². The van der Waals surface area contributed by atoms with Crippen molar-refractivity contribution >= 4 is 33.0 Å². The molecule has 2 aromatic carbocycles. The van der Waals surface area contributed by atoms with E-state index in [2.05, 4.69) is 21.2 Å². The molecule has 0 aliphatic carbocycles. The monoisotopic (exact) mass is 310 g/mol. The van der Waals surface area contributed by atoms with E-state index in [1.165, 1.54) is 6.07 Å². The van der Waals surface area contributed by atoms with Crippen LogP contribution in [0.3, 0.4) is 0 Å². The molecule has 0 unspecified atom stereocenters. The molecule has 3 N–H and O–H groups in total. The van der Waals surface area contributed by atoms with Gasteiger partial charge in [0.25, 0.3) is 0 Å². The van der Waals surface area contributed by atoms with Crippen LogP contribution in [0.5, 0.6) is 5.75 Å². The van der Waals surface area contributed by atoms with Gasteiger partial charge in [-0.3, -0.25) is 0 Å². The molecule has 0 saturated heterocycles. The third kappa shape index (κ3) is 2.73. The number of rotatable bonds is 3. The predicted octanol–water partition coefficient (Wildman–Crippen LogP) is 3.92. The molecule has 0 spiro atoms. The van der Waals surface area contributed by atoms with Crippen LogP contribution >= 0.6 is 15.9 Å². The van der Waals surface area contributed by atoms with Crippen molar-refractivity contribution in [2.24, 2.45) is 0 Å². The summed E-state index contributed by atoms with van der Waals surface area (Å²) >= 11 is 3.13. The number of hydrogen-bond acceptors (Lipinski definition) is 3. The largest absolute Gasteiger partial charge is 0.497 e. The average molecular weight is 311 g/mol. The van der Waals surface area contributed by atoms with Gasteiger partial charge in [-0.2, -0.15) is 0 Å². The summed E-state index contributed by atoms with van der Waals surface area (Å²) in [5.41, 5.74) is 7.59. The van der Waals surface area contributed by atoms with Gasteiger partial charge in [-0.15, -0.1) is 0 Å². The number of nitrogens with two attached hydrogens (primary N) is 1. The molecular weight excluding hydrogens is 299 g/mol. The fourth-order valence-corrected chi connectivity index (χ4v) is 1.84. The Hall–Kier alpha value is -1.75. The molecule has 0 aliphatic heterocycles. The summed E-state index contributed by atoms with van der Waals surface area (Å²) in [6.45, 7) is 0. The Morgan fingerprint density at radius 2 is 1.89 bits per heavy atom. The number of hydrogen-bond donors (Lipinski definition) is 2. The van der Waals surface area contributed by atoms with Crippen molar-refractivity contribution in [1.82, 2.24) is 0 Å². The van der Waals surface area contributed by atoms with Gasteiger partial charge in [0.2, 0.25) is 0 Å². The van der Waals surface area contributed by atoms with E-state index in [4.69, 9.17) is 10.5 Å². The van der Waals surface area contributed by atoms with Crippen molar-refractivity contribution in [2.75, 3.05) is 18.2 Å². The lowest BCUT2D eigenvalue weighted by molar-refractivity contribution is 0.415. The van der Waals surface area contributed by atoms with Gasteiger partial charge in [0, 0.05) is 11.8 Å². The van der Waals surface area contributed by atoms with Gasteiger partial charge in [-0.25, -0.2) is 4.39 Å². The van der Waals surface area contributed by atoms with Gasteiger partial charge in [0.1, 0.15) is 11.6 Å². The van der Waals surface area contributed by atoms with Crippen LogP contribution < -0.4 is 15.8 Å². The molecule has 0 fully saturated rings. The maximum absolute atomic E-state index is 13.2. The smallest absolute Gasteiger partial charge is 0.139 e. The molecule has 18 heavy (non-hydrogen) atoms. The third-order valence-corrected chi connectivity index (χ3v) is 3.07. The van der Waals surface area contributed by atoms with Crippen LogP contribution in [-0.4, -0.2) is 7.11 Å². The van der Waals surface area contributed by atoms with E-state index in [-0.39, 0.29) is 5.82 Å².